The molecule has 2 amide bonds. The fraction of sp³-hybridized carbons (Fsp3) is 0.286. The van der Waals surface area contributed by atoms with Crippen LogP contribution in [0.2, 0.25) is 0 Å². The van der Waals surface area contributed by atoms with Gasteiger partial charge in [0.25, 0.3) is 11.7 Å². The minimum atomic E-state index is -0.637. The predicted molar refractivity (Wildman–Crippen MR) is 105 cm³/mol. The zero-order chi connectivity index (χ0) is 19.7. The van der Waals surface area contributed by atoms with E-state index in [1.807, 2.05) is 24.3 Å². The third-order valence-electron chi connectivity index (χ3n) is 5.23. The molecule has 2 aromatic carbocycles. The van der Waals surface area contributed by atoms with Crippen LogP contribution in [-0.4, -0.2) is 62.3 Å². The molecule has 1 saturated heterocycles. The van der Waals surface area contributed by atoms with E-state index < -0.39 is 11.7 Å². The molecule has 2 heterocycles. The number of ether oxygens (including phenoxy) is 1. The number of benzene rings is 2. The summed E-state index contributed by atoms with van der Waals surface area (Å²) in [5, 5.41) is 0. The molecule has 0 aromatic heterocycles. The fourth-order valence-corrected chi connectivity index (χ4v) is 3.73. The van der Waals surface area contributed by atoms with Crippen LogP contribution in [0.15, 0.2) is 48.5 Å². The quantitative estimate of drug-likeness (QED) is 0.755. The van der Waals surface area contributed by atoms with Gasteiger partial charge in [0.15, 0.2) is 0 Å². The largest absolute Gasteiger partial charge is 0.495 e. The number of carbonyl (C=O) groups is 3. The number of nitrogens with zero attached hydrogens (tertiary/aromatic N) is 3. The molecule has 4 rings (SSSR count). The molecular weight excluding hydrogens is 358 g/mol. The van der Waals surface area contributed by atoms with Gasteiger partial charge in [0, 0.05) is 26.2 Å². The summed E-state index contributed by atoms with van der Waals surface area (Å²) in [5.74, 6) is -0.538. The number of rotatable bonds is 4. The summed E-state index contributed by atoms with van der Waals surface area (Å²) in [7, 11) is 1.64. The molecule has 2 aromatic rings. The smallest absolute Gasteiger partial charge is 0.299 e. The zero-order valence-electron chi connectivity index (χ0n) is 15.6. The van der Waals surface area contributed by atoms with Crippen molar-refractivity contribution in [1.29, 1.82) is 0 Å². The second-order valence-electron chi connectivity index (χ2n) is 6.78. The average Bonchev–Trinajstić information content (AvgIpc) is 2.99. The second kappa shape index (κ2) is 7.34. The molecule has 0 spiro atoms. The van der Waals surface area contributed by atoms with Crippen molar-refractivity contribution in [2.24, 2.45) is 0 Å². The maximum Gasteiger partial charge on any atom is 0.299 e. The van der Waals surface area contributed by atoms with E-state index in [1.54, 1.807) is 36.3 Å². The molecular formula is C21H21N3O4. The van der Waals surface area contributed by atoms with Gasteiger partial charge in [-0.05, 0) is 24.3 Å². The Labute approximate surface area is 163 Å². The summed E-state index contributed by atoms with van der Waals surface area (Å²) in [6.07, 6.45) is 0. The predicted octanol–water partition coefficient (Wildman–Crippen LogP) is 1.57. The molecule has 1 fully saturated rings. The van der Waals surface area contributed by atoms with Crippen LogP contribution in [0.25, 0.3) is 0 Å². The summed E-state index contributed by atoms with van der Waals surface area (Å²) in [4.78, 5) is 42.3. The molecule has 0 aliphatic carbocycles. The lowest BCUT2D eigenvalue weighted by Crippen LogP contribution is -2.52. The van der Waals surface area contributed by atoms with Crippen molar-refractivity contribution in [3.05, 3.63) is 54.1 Å². The van der Waals surface area contributed by atoms with Gasteiger partial charge in [0.1, 0.15) is 12.3 Å². The van der Waals surface area contributed by atoms with Gasteiger partial charge in [0.05, 0.1) is 24.0 Å². The zero-order valence-corrected chi connectivity index (χ0v) is 15.6. The molecule has 0 unspecified atom stereocenters. The van der Waals surface area contributed by atoms with E-state index >= 15 is 0 Å². The van der Waals surface area contributed by atoms with E-state index in [9.17, 15) is 14.4 Å². The lowest BCUT2D eigenvalue weighted by molar-refractivity contribution is -0.131. The van der Waals surface area contributed by atoms with Crippen molar-refractivity contribution in [2.75, 3.05) is 49.6 Å². The fourth-order valence-electron chi connectivity index (χ4n) is 3.73. The number of Topliss-reactive ketones (excluding diaryl/α,β-unsaturated/α-hetero) is 1. The van der Waals surface area contributed by atoms with Gasteiger partial charge in [-0.2, -0.15) is 0 Å². The van der Waals surface area contributed by atoms with Crippen LogP contribution >= 0.6 is 0 Å². The number of hydrogen-bond acceptors (Lipinski definition) is 5. The van der Waals surface area contributed by atoms with Crippen molar-refractivity contribution < 1.29 is 19.1 Å². The Morgan fingerprint density at radius 2 is 1.57 bits per heavy atom. The highest BCUT2D eigenvalue weighted by atomic mass is 16.5. The van der Waals surface area contributed by atoms with Gasteiger partial charge in [-0.1, -0.05) is 24.3 Å². The molecule has 2 aliphatic heterocycles. The highest BCUT2D eigenvalue weighted by Crippen LogP contribution is 2.30. The lowest BCUT2D eigenvalue weighted by atomic mass is 10.1. The van der Waals surface area contributed by atoms with Gasteiger partial charge in [-0.25, -0.2) is 0 Å². The van der Waals surface area contributed by atoms with Crippen LogP contribution in [0.4, 0.5) is 11.4 Å². The summed E-state index contributed by atoms with van der Waals surface area (Å²) in [6.45, 7) is 2.34. The van der Waals surface area contributed by atoms with E-state index in [4.69, 9.17) is 4.74 Å². The Hall–Kier alpha value is -3.35. The molecule has 2 aliphatic rings. The molecule has 28 heavy (non-hydrogen) atoms. The third-order valence-corrected chi connectivity index (χ3v) is 5.23. The number of ketones is 1. The van der Waals surface area contributed by atoms with E-state index in [2.05, 4.69) is 4.90 Å². The van der Waals surface area contributed by atoms with Crippen molar-refractivity contribution in [2.45, 2.75) is 0 Å². The van der Waals surface area contributed by atoms with Crippen LogP contribution in [0.5, 0.6) is 5.75 Å². The first-order chi connectivity index (χ1) is 13.6. The SMILES string of the molecule is COc1ccccc1N1CCN(C(=O)CN2C(=O)C(=O)c3ccccc32)CC1. The number of hydrogen-bond donors (Lipinski definition) is 0. The number of para-hydroxylation sites is 3. The van der Waals surface area contributed by atoms with Crippen molar-refractivity contribution >= 4 is 29.0 Å². The molecule has 0 saturated carbocycles. The Morgan fingerprint density at radius 3 is 2.29 bits per heavy atom. The molecule has 144 valence electrons. The van der Waals surface area contributed by atoms with Crippen LogP contribution in [-0.2, 0) is 9.59 Å². The van der Waals surface area contributed by atoms with Gasteiger partial charge >= 0.3 is 0 Å². The van der Waals surface area contributed by atoms with Crippen molar-refractivity contribution in [3.63, 3.8) is 0 Å². The summed E-state index contributed by atoms with van der Waals surface area (Å²) < 4.78 is 5.42. The van der Waals surface area contributed by atoms with Gasteiger partial charge < -0.3 is 14.5 Å². The average molecular weight is 379 g/mol. The van der Waals surface area contributed by atoms with Gasteiger partial charge in [-0.3, -0.25) is 19.3 Å². The molecule has 0 N–H and O–H groups in total. The van der Waals surface area contributed by atoms with E-state index in [0.29, 0.717) is 37.4 Å². The maximum atomic E-state index is 12.8. The van der Waals surface area contributed by atoms with E-state index in [-0.39, 0.29) is 12.5 Å². The Morgan fingerprint density at radius 1 is 0.929 bits per heavy atom. The number of anilines is 2. The summed E-state index contributed by atoms with van der Waals surface area (Å²) in [6, 6.07) is 14.6. The molecule has 7 heteroatoms. The van der Waals surface area contributed by atoms with Gasteiger partial charge in [0.2, 0.25) is 5.91 Å². The van der Waals surface area contributed by atoms with Crippen LogP contribution in [0.1, 0.15) is 10.4 Å². The minimum absolute atomic E-state index is 0.115. The molecule has 0 radical (unpaired) electrons. The Balaban J connectivity index is 1.41. The number of fused-ring (bicyclic) bond motifs is 1. The number of methoxy groups -OCH3 is 1. The van der Waals surface area contributed by atoms with Gasteiger partial charge in [-0.15, -0.1) is 0 Å². The van der Waals surface area contributed by atoms with Crippen LogP contribution in [0, 0.1) is 0 Å². The topological polar surface area (TPSA) is 70.2 Å². The molecule has 0 bridgehead atoms. The monoisotopic (exact) mass is 379 g/mol. The first kappa shape index (κ1) is 18.0. The molecule has 7 nitrogen and oxygen atoms in total. The second-order valence-corrected chi connectivity index (χ2v) is 6.78. The number of amides is 2. The molecule has 0 atom stereocenters. The van der Waals surface area contributed by atoms with Crippen molar-refractivity contribution in [1.82, 2.24) is 4.90 Å². The summed E-state index contributed by atoms with van der Waals surface area (Å²) >= 11 is 0. The maximum absolute atomic E-state index is 12.8. The minimum Gasteiger partial charge on any atom is -0.495 e. The lowest BCUT2D eigenvalue weighted by Gasteiger charge is -2.37. The standard InChI is InChI=1S/C21H21N3O4/c1-28-18-9-5-4-8-17(18)22-10-12-23(13-11-22)19(25)14-24-16-7-3-2-6-15(16)20(26)21(24)27/h2-9H,10-14H2,1H3. The van der Waals surface area contributed by atoms with Crippen LogP contribution < -0.4 is 14.5 Å². The first-order valence-electron chi connectivity index (χ1n) is 9.21. The Bertz CT molecular complexity index is 935. The number of piperazine rings is 1. The summed E-state index contributed by atoms with van der Waals surface area (Å²) in [5.41, 5.74) is 1.88. The number of carbonyl (C=O) groups excluding carboxylic acids is 3. The normalized spacial score (nSPS) is 16.4. The Kier molecular flexibility index (Phi) is 4.73. The first-order valence-corrected chi connectivity index (χ1v) is 9.21. The van der Waals surface area contributed by atoms with E-state index in [1.165, 1.54) is 4.90 Å². The van der Waals surface area contributed by atoms with Crippen LogP contribution in [0.3, 0.4) is 0 Å². The van der Waals surface area contributed by atoms with E-state index in [0.717, 1.165) is 11.4 Å². The third kappa shape index (κ3) is 3.09. The highest BCUT2D eigenvalue weighted by molar-refractivity contribution is 6.52. The van der Waals surface area contributed by atoms with Crippen molar-refractivity contribution in [3.8, 4) is 5.75 Å². The highest BCUT2D eigenvalue weighted by Gasteiger charge is 2.37.